The molecule has 0 saturated heterocycles. The molecule has 0 spiro atoms. The number of ether oxygens (including phenoxy) is 3. The van der Waals surface area contributed by atoms with Gasteiger partial charge in [0, 0.05) is 13.2 Å². The lowest BCUT2D eigenvalue weighted by Gasteiger charge is -2.36. The first-order chi connectivity index (χ1) is 20.8. The van der Waals surface area contributed by atoms with E-state index in [0.29, 0.717) is 24.4 Å². The minimum absolute atomic E-state index is 0.0506. The van der Waals surface area contributed by atoms with E-state index in [1.165, 1.54) is 11.1 Å². The first-order valence-corrected chi connectivity index (χ1v) is 19.8. The maximum Gasteiger partial charge on any atom is 0.407 e. The Bertz CT molecular complexity index is 990. The molecule has 5 atom stereocenters. The van der Waals surface area contributed by atoms with Gasteiger partial charge in [-0.3, -0.25) is 0 Å². The normalized spacial score (nSPS) is 21.9. The highest BCUT2D eigenvalue weighted by Gasteiger charge is 2.48. The number of nitrogens with one attached hydrogen (secondary N) is 1. The molecule has 244 valence electrons. The standard InChI is InChI=1S/C35H59NO6Si/c1-7-12-14-17-28(41-35(38)36-6)19-20-29-30-22-26-16-15-18-32(40-25-34(37)39-21-13-8-2)31(26)23-27(30)24-33(29)42-43(9-3,10-4)11-5/h15-16,18,27-30,33H,7-14,17,19-25H2,1-6H3,(H,36,38)/t27?,28-,29+,30-,33?/m0/s1. The second-order valence-corrected chi connectivity index (χ2v) is 17.5. The monoisotopic (exact) mass is 617 g/mol. The number of amides is 1. The number of alkyl carbamates (subject to hydrolysis) is 1. The van der Waals surface area contributed by atoms with Crippen LogP contribution in [0.4, 0.5) is 4.79 Å². The van der Waals surface area contributed by atoms with E-state index in [1.54, 1.807) is 7.05 Å². The quantitative estimate of drug-likeness (QED) is 0.0956. The molecule has 1 N–H and O–H groups in total. The second-order valence-electron chi connectivity index (χ2n) is 12.7. The highest BCUT2D eigenvalue weighted by atomic mass is 28.4. The summed E-state index contributed by atoms with van der Waals surface area (Å²) in [4.78, 5) is 24.4. The van der Waals surface area contributed by atoms with E-state index in [-0.39, 0.29) is 30.9 Å². The fraction of sp³-hybridized carbons (Fsp3) is 0.771. The molecule has 0 aliphatic heterocycles. The zero-order valence-corrected chi connectivity index (χ0v) is 28.9. The van der Waals surface area contributed by atoms with Crippen LogP contribution in [0.3, 0.4) is 0 Å². The fourth-order valence-electron chi connectivity index (χ4n) is 7.35. The van der Waals surface area contributed by atoms with Crippen LogP contribution in [-0.2, 0) is 31.5 Å². The third-order valence-electron chi connectivity index (χ3n) is 10.2. The van der Waals surface area contributed by atoms with Crippen molar-refractivity contribution in [2.75, 3.05) is 20.3 Å². The lowest BCUT2D eigenvalue weighted by molar-refractivity contribution is -0.146. The first kappa shape index (κ1) is 35.4. The summed E-state index contributed by atoms with van der Waals surface area (Å²) in [6.45, 7) is 11.6. The van der Waals surface area contributed by atoms with Gasteiger partial charge in [-0.15, -0.1) is 0 Å². The van der Waals surface area contributed by atoms with E-state index in [4.69, 9.17) is 18.6 Å². The number of fused-ring (bicyclic) bond motifs is 2. The van der Waals surface area contributed by atoms with Crippen LogP contribution in [0.1, 0.15) is 104 Å². The van der Waals surface area contributed by atoms with E-state index in [1.807, 2.05) is 6.07 Å². The van der Waals surface area contributed by atoms with Gasteiger partial charge in [0.1, 0.15) is 11.9 Å². The molecule has 0 bridgehead atoms. The molecule has 0 heterocycles. The Morgan fingerprint density at radius 1 is 0.977 bits per heavy atom. The van der Waals surface area contributed by atoms with E-state index in [2.05, 4.69) is 52.1 Å². The molecule has 2 aliphatic rings. The summed E-state index contributed by atoms with van der Waals surface area (Å²) in [5.74, 6) is 2.00. The van der Waals surface area contributed by atoms with Crippen molar-refractivity contribution < 1.29 is 28.2 Å². The lowest BCUT2D eigenvalue weighted by atomic mass is 9.73. The Morgan fingerprint density at radius 3 is 2.40 bits per heavy atom. The third-order valence-corrected chi connectivity index (χ3v) is 14.9. The molecule has 1 amide bonds. The predicted molar refractivity (Wildman–Crippen MR) is 175 cm³/mol. The molecule has 1 aromatic carbocycles. The third kappa shape index (κ3) is 9.97. The van der Waals surface area contributed by atoms with Crippen LogP contribution in [0.2, 0.25) is 18.1 Å². The number of hydrogen-bond donors (Lipinski definition) is 1. The molecule has 1 aromatic rings. The number of rotatable bonds is 19. The van der Waals surface area contributed by atoms with Crippen LogP contribution in [0.5, 0.6) is 5.75 Å². The lowest BCUT2D eigenvalue weighted by Crippen LogP contribution is -2.42. The molecule has 7 nitrogen and oxygen atoms in total. The van der Waals surface area contributed by atoms with Gasteiger partial charge in [-0.2, -0.15) is 0 Å². The minimum atomic E-state index is -1.80. The van der Waals surface area contributed by atoms with Crippen molar-refractivity contribution in [3.63, 3.8) is 0 Å². The zero-order valence-electron chi connectivity index (χ0n) is 27.9. The summed E-state index contributed by atoms with van der Waals surface area (Å²) in [6.07, 6.45) is 10.9. The van der Waals surface area contributed by atoms with Crippen LogP contribution in [0.25, 0.3) is 0 Å². The summed E-state index contributed by atoms with van der Waals surface area (Å²) < 4.78 is 24.5. The molecule has 2 aliphatic carbocycles. The number of carbonyl (C=O) groups excluding carboxylic acids is 2. The molecule has 0 aromatic heterocycles. The van der Waals surface area contributed by atoms with Gasteiger partial charge < -0.3 is 24.0 Å². The highest BCUT2D eigenvalue weighted by Crippen LogP contribution is 2.50. The Balaban J connectivity index is 1.79. The molecular weight excluding hydrogens is 558 g/mol. The second kappa shape index (κ2) is 18.0. The molecule has 1 saturated carbocycles. The highest BCUT2D eigenvalue weighted by molar-refractivity contribution is 6.73. The molecule has 3 rings (SSSR count). The van der Waals surface area contributed by atoms with Crippen molar-refractivity contribution in [3.05, 3.63) is 29.3 Å². The number of esters is 1. The van der Waals surface area contributed by atoms with Crippen molar-refractivity contribution in [3.8, 4) is 5.75 Å². The summed E-state index contributed by atoms with van der Waals surface area (Å²) in [5.41, 5.74) is 2.57. The maximum absolute atomic E-state index is 12.2. The summed E-state index contributed by atoms with van der Waals surface area (Å²) in [7, 11) is -0.171. The summed E-state index contributed by atoms with van der Waals surface area (Å²) in [5, 5.41) is 2.65. The van der Waals surface area contributed by atoms with Crippen molar-refractivity contribution in [1.29, 1.82) is 0 Å². The number of hydrogen-bond acceptors (Lipinski definition) is 6. The van der Waals surface area contributed by atoms with Crippen LogP contribution in [0, 0.1) is 17.8 Å². The zero-order chi connectivity index (χ0) is 31.2. The molecule has 0 radical (unpaired) electrons. The van der Waals surface area contributed by atoms with Gasteiger partial charge in [0.05, 0.1) is 6.61 Å². The summed E-state index contributed by atoms with van der Waals surface area (Å²) in [6, 6.07) is 9.71. The van der Waals surface area contributed by atoms with Gasteiger partial charge >= 0.3 is 12.1 Å². The number of benzene rings is 1. The molecule has 8 heteroatoms. The van der Waals surface area contributed by atoms with Crippen molar-refractivity contribution in [2.24, 2.45) is 17.8 Å². The average molecular weight is 618 g/mol. The number of unbranched alkanes of at least 4 members (excludes halogenated alkanes) is 3. The van der Waals surface area contributed by atoms with Gasteiger partial charge in [-0.1, -0.05) is 66.0 Å². The van der Waals surface area contributed by atoms with Gasteiger partial charge in [-0.25, -0.2) is 9.59 Å². The predicted octanol–water partition coefficient (Wildman–Crippen LogP) is 8.24. The van der Waals surface area contributed by atoms with E-state index >= 15 is 0 Å². The smallest absolute Gasteiger partial charge is 0.407 e. The Morgan fingerprint density at radius 2 is 1.72 bits per heavy atom. The Hall–Kier alpha value is -2.06. The van der Waals surface area contributed by atoms with Crippen molar-refractivity contribution in [2.45, 2.75) is 136 Å². The molecule has 1 fully saturated rings. The Kier molecular flexibility index (Phi) is 14.9. The topological polar surface area (TPSA) is 83.1 Å². The van der Waals surface area contributed by atoms with Gasteiger partial charge in [0.2, 0.25) is 0 Å². The Labute approximate surface area is 262 Å². The minimum Gasteiger partial charge on any atom is -0.482 e. The van der Waals surface area contributed by atoms with Crippen LogP contribution < -0.4 is 10.1 Å². The van der Waals surface area contributed by atoms with Crippen molar-refractivity contribution >= 4 is 20.4 Å². The number of carbonyl (C=O) groups is 2. The van der Waals surface area contributed by atoms with Gasteiger partial charge in [0.25, 0.3) is 0 Å². The van der Waals surface area contributed by atoms with E-state index < -0.39 is 8.32 Å². The molecule has 43 heavy (non-hydrogen) atoms. The van der Waals surface area contributed by atoms with E-state index in [9.17, 15) is 9.59 Å². The molecule has 2 unspecified atom stereocenters. The fourth-order valence-corrected chi connectivity index (χ4v) is 10.3. The maximum atomic E-state index is 12.2. The van der Waals surface area contributed by atoms with E-state index in [0.717, 1.165) is 94.5 Å². The van der Waals surface area contributed by atoms with Crippen molar-refractivity contribution in [1.82, 2.24) is 5.32 Å². The first-order valence-electron chi connectivity index (χ1n) is 17.3. The molecular formula is C35H59NO6Si. The summed E-state index contributed by atoms with van der Waals surface area (Å²) >= 11 is 0. The average Bonchev–Trinajstić information content (AvgIpc) is 3.35. The largest absolute Gasteiger partial charge is 0.482 e. The van der Waals surface area contributed by atoms with Crippen LogP contribution in [0.15, 0.2) is 18.2 Å². The van der Waals surface area contributed by atoms with Crippen LogP contribution >= 0.6 is 0 Å². The SMILES string of the molecule is CCCCC[C@@H](CC[C@H]1C(O[Si](CC)(CC)CC)CC2Cc3c(cccc3OCC(=O)OCCCC)C[C@@H]21)OC(=O)NC. The van der Waals surface area contributed by atoms with Gasteiger partial charge in [0.15, 0.2) is 14.9 Å². The van der Waals surface area contributed by atoms with Crippen LogP contribution in [-0.4, -0.2) is 52.8 Å². The van der Waals surface area contributed by atoms with Gasteiger partial charge in [-0.05, 0) is 104 Å².